The molecule has 10 aliphatic heterocycles. The lowest BCUT2D eigenvalue weighted by Crippen LogP contribution is -2.58. The third-order valence-corrected chi connectivity index (χ3v) is 22.1. The number of aliphatic hydroxyl groups is 7. The molecule has 10 heterocycles. The molecule has 622 valence electrons. The van der Waals surface area contributed by atoms with Crippen LogP contribution in [0.5, 0.6) is 0 Å². The van der Waals surface area contributed by atoms with E-state index < -0.39 is 249 Å². The fourth-order valence-electron chi connectivity index (χ4n) is 13.1. The number of carbonyl (C=O) groups excluding carboxylic acids is 12. The molecule has 0 aromatic heterocycles. The number of benzene rings is 2. The number of alkyl halides is 11. The Kier molecular flexibility index (Phi) is 28.9. The summed E-state index contributed by atoms with van der Waals surface area (Å²) >= 11 is 3.33. The van der Waals surface area contributed by atoms with Crippen molar-refractivity contribution in [2.75, 3.05) is 48.8 Å². The smallest absolute Gasteiger partial charge is 0.338 e. The molecule has 0 saturated carbocycles. The number of allylic oxidation sites excluding steroid dienone is 5. The van der Waals surface area contributed by atoms with Crippen LogP contribution in [0.1, 0.15) is 80.0 Å². The summed E-state index contributed by atoms with van der Waals surface area (Å²) in [6, 6.07) is 15.8. The van der Waals surface area contributed by atoms with Crippen molar-refractivity contribution >= 4 is 116 Å². The van der Waals surface area contributed by atoms with E-state index in [4.69, 9.17) is 33.5 Å². The summed E-state index contributed by atoms with van der Waals surface area (Å²) < 4.78 is 163. The van der Waals surface area contributed by atoms with Crippen LogP contribution in [0, 0.1) is 11.8 Å². The lowest BCUT2D eigenvalue weighted by Gasteiger charge is -2.38. The van der Waals surface area contributed by atoms with Crippen molar-refractivity contribution in [1.29, 1.82) is 0 Å². The Labute approximate surface area is 668 Å². The number of ketones is 5. The Balaban J connectivity index is 0.000000180. The van der Waals surface area contributed by atoms with Gasteiger partial charge in [-0.3, -0.25) is 72.4 Å². The molecule has 12 rings (SSSR count). The van der Waals surface area contributed by atoms with Gasteiger partial charge in [-0.05, 0) is 54.6 Å². The van der Waals surface area contributed by atoms with Gasteiger partial charge in [0.2, 0.25) is 53.3 Å². The van der Waals surface area contributed by atoms with Crippen LogP contribution in [-0.4, -0.2) is 280 Å². The summed E-state index contributed by atoms with van der Waals surface area (Å²) in [6.07, 6.45) is -6.16. The lowest BCUT2D eigenvalue weighted by molar-refractivity contribution is -0.213. The van der Waals surface area contributed by atoms with Crippen LogP contribution in [0.3, 0.4) is 0 Å². The molecule has 0 unspecified atom stereocenters. The third-order valence-electron chi connectivity index (χ3n) is 20.1. The largest absolute Gasteiger partial charge is 0.469 e. The minimum Gasteiger partial charge on any atom is -0.469 e. The van der Waals surface area contributed by atoms with Crippen molar-refractivity contribution in [3.8, 4) is 0 Å². The zero-order valence-corrected chi connectivity index (χ0v) is 64.5. The van der Waals surface area contributed by atoms with Crippen LogP contribution in [-0.2, 0) is 81.1 Å². The van der Waals surface area contributed by atoms with Gasteiger partial charge in [0.05, 0.1) is 63.9 Å². The average Bonchev–Trinajstić information content (AvgIpc) is 1.58. The van der Waals surface area contributed by atoms with E-state index in [1.54, 1.807) is 81.6 Å². The summed E-state index contributed by atoms with van der Waals surface area (Å²) in [5, 5.41) is 68.1. The molecule has 114 heavy (non-hydrogen) atoms. The Morgan fingerprint density at radius 3 is 1.04 bits per heavy atom. The van der Waals surface area contributed by atoms with Crippen molar-refractivity contribution in [2.45, 2.75) is 160 Å². The van der Waals surface area contributed by atoms with Gasteiger partial charge < -0.3 is 68.9 Å². The van der Waals surface area contributed by atoms with Gasteiger partial charge in [0.1, 0.15) is 57.9 Å². The third kappa shape index (κ3) is 17.5. The summed E-state index contributed by atoms with van der Waals surface area (Å²) in [5.74, 6) is -20.6. The van der Waals surface area contributed by atoms with Gasteiger partial charge in [0.25, 0.3) is 5.85 Å². The van der Waals surface area contributed by atoms with E-state index in [0.29, 0.717) is 4.90 Å². The van der Waals surface area contributed by atoms with E-state index in [9.17, 15) is 119 Å². The molecular formula is C72H76F9I2N5O26. The van der Waals surface area contributed by atoms with E-state index in [-0.39, 0.29) is 38.6 Å². The SMILES string of the molecule is C=C1O[C@@H](N2C=CC(=O)CC2=O)[C@@](O)(CF)[C@@H]1O.CC[C@@]1(F)O[C@@H](N2C=CC(=O)CC2=O)[C@](CF)(OC(=O)c2ccccc2)[C@@H]1C.C[C@H]1[C@@](CF)(OC(=O)c2ccccc2)[C@H](N2C=CC(=O)CC2=O)O[C@]1(F)CI.O=C1C=CN([C@@H]2O[C@](F)(CI)[C@@H](O)[C@]2(O)CF)C(=O)C1.O=C1C=CN([C@@H]2O[C@](F)(CO)[C@@H](O)[C@]2(O)CF)C(=O)C1. The highest BCUT2D eigenvalue weighted by Gasteiger charge is 2.71. The highest BCUT2D eigenvalue weighted by molar-refractivity contribution is 14.1. The standard InChI is InChI=1S/C20H21F2NO5.C19H18F2INO5.C11H12F2INO5.C11H13F2NO6.C11H12FNO5/c1-3-20(22)13(2)19(12-21,27-17(26)14-7-5-4-6-8-14)18(28-20)23-10-9-15(24)11-16(23)25;1-12-18(10-20,27-16(26)13-5-3-2-4-6-13)17(28-19(12,21)11-22)23-8-7-14(24)9-15(23)25;12-4-10(19)8(18)11(13,5-14)20-9(10)15-2-1-6(16)3-7(15)17;12-4-10(19)8(18)11(13,5-15)20-9(10)14-2-1-6(16)3-7(14)17;1-6-9(16)11(17,5-12)10(18-6)13-3-2-7(14)4-8(13)15/h4-10,13,18H,3,11-12H2,1-2H3;2-8,12,17H,9-11H2,1H3;1-2,8-9,18-19H,3-5H2;1-2,8-9,15,18-19H,3-5H2;2-3,9-10,16-17H,1,4-5H2/t13-,18+,19+,20+;12-,17+,18+,19+;2*8-,9+,10+,11+;9-,10-,11-/m00001/s1. The number of aliphatic hydroxyl groups excluding tert-OH is 4. The Morgan fingerprint density at radius 1 is 0.456 bits per heavy atom. The second kappa shape index (κ2) is 36.1. The highest BCUT2D eigenvalue weighted by atomic mass is 127. The van der Waals surface area contributed by atoms with Crippen molar-refractivity contribution < 1.29 is 166 Å². The van der Waals surface area contributed by atoms with E-state index in [1.807, 2.05) is 0 Å². The van der Waals surface area contributed by atoms with Gasteiger partial charge in [0, 0.05) is 37.4 Å². The van der Waals surface area contributed by atoms with Crippen LogP contribution in [0.25, 0.3) is 0 Å². The molecule has 5 amide bonds. The van der Waals surface area contributed by atoms with Crippen LogP contribution < -0.4 is 0 Å². The quantitative estimate of drug-likeness (QED) is 0.0370. The predicted octanol–water partition coefficient (Wildman–Crippen LogP) is 3.33. The maximum absolute atomic E-state index is 15.4. The molecular weight excluding hydrogens is 1780 g/mol. The first-order valence-corrected chi connectivity index (χ1v) is 37.3. The van der Waals surface area contributed by atoms with Gasteiger partial charge in [-0.25, -0.2) is 49.1 Å². The monoisotopic (exact) mass is 1850 g/mol. The van der Waals surface area contributed by atoms with Crippen molar-refractivity contribution in [3.63, 3.8) is 0 Å². The van der Waals surface area contributed by atoms with Crippen molar-refractivity contribution in [3.05, 3.63) is 146 Å². The van der Waals surface area contributed by atoms with Crippen LogP contribution in [0.15, 0.2) is 134 Å². The van der Waals surface area contributed by atoms with E-state index in [2.05, 4.69) is 11.3 Å². The second-order valence-electron chi connectivity index (χ2n) is 27.3. The second-order valence-corrected chi connectivity index (χ2v) is 28.8. The highest BCUT2D eigenvalue weighted by Crippen LogP contribution is 2.53. The number of esters is 2. The molecule has 31 nitrogen and oxygen atoms in total. The topological polar surface area (TPSA) is 427 Å². The molecule has 42 heteroatoms. The van der Waals surface area contributed by atoms with Gasteiger partial charge in [-0.2, -0.15) is 0 Å². The number of carbonyl (C=O) groups is 12. The number of amides is 5. The molecule has 10 aliphatic rings. The number of rotatable bonds is 18. The zero-order valence-electron chi connectivity index (χ0n) is 60.2. The fraction of sp³-hybridized carbons (Fsp3) is 0.500. The Bertz CT molecular complexity index is 4000. The molecule has 0 radical (unpaired) electrons. The first-order valence-electron chi connectivity index (χ1n) is 34.2. The first kappa shape index (κ1) is 91.2. The van der Waals surface area contributed by atoms with Crippen molar-refractivity contribution in [1.82, 2.24) is 24.5 Å². The average molecular weight is 1850 g/mol. The summed E-state index contributed by atoms with van der Waals surface area (Å²) in [7, 11) is 0. The molecule has 7 N–H and O–H groups in total. The van der Waals surface area contributed by atoms with Crippen molar-refractivity contribution in [2.24, 2.45) is 11.8 Å². The minimum atomic E-state index is -3.11. The van der Waals surface area contributed by atoms with Gasteiger partial charge in [-0.15, -0.1) is 0 Å². The van der Waals surface area contributed by atoms with Gasteiger partial charge >= 0.3 is 11.9 Å². The summed E-state index contributed by atoms with van der Waals surface area (Å²) in [5.41, 5.74) is -11.5. The molecule has 2 aromatic rings. The Hall–Kier alpha value is -8.29. The number of halogens is 11. The molecule has 0 spiro atoms. The fourth-order valence-corrected chi connectivity index (χ4v) is 14.6. The van der Waals surface area contributed by atoms with E-state index in [1.165, 1.54) is 45.0 Å². The summed E-state index contributed by atoms with van der Waals surface area (Å²) in [4.78, 5) is 145. The first-order chi connectivity index (χ1) is 53.5. The normalized spacial score (nSPS) is 36.3. The maximum Gasteiger partial charge on any atom is 0.338 e. The molecule has 0 bridgehead atoms. The molecule has 19 atom stereocenters. The number of hydrogen-bond donors (Lipinski definition) is 7. The molecule has 0 aliphatic carbocycles. The van der Waals surface area contributed by atoms with Crippen LogP contribution >= 0.6 is 45.2 Å². The van der Waals surface area contributed by atoms with Gasteiger partial charge in [-0.1, -0.05) is 109 Å². The lowest BCUT2D eigenvalue weighted by atomic mass is 9.84. The van der Waals surface area contributed by atoms with Gasteiger partial charge in [0.15, 0.2) is 87.9 Å². The zero-order chi connectivity index (χ0) is 84.8. The Morgan fingerprint density at radius 2 is 0.746 bits per heavy atom. The number of hydrogen-bond acceptors (Lipinski definition) is 26. The molecule has 5 saturated heterocycles. The van der Waals surface area contributed by atoms with Crippen LogP contribution in [0.4, 0.5) is 39.5 Å². The minimum absolute atomic E-state index is 0.139. The summed E-state index contributed by atoms with van der Waals surface area (Å²) in [6.45, 7) is -0.713. The molecule has 2 aromatic carbocycles. The number of ether oxygens (including phenoxy) is 7. The molecule has 5 fully saturated rings. The maximum atomic E-state index is 15.4. The predicted molar refractivity (Wildman–Crippen MR) is 382 cm³/mol. The van der Waals surface area contributed by atoms with Crippen LogP contribution in [0.2, 0.25) is 0 Å². The van der Waals surface area contributed by atoms with E-state index >= 15 is 8.78 Å². The number of nitrogens with zero attached hydrogens (tertiary/aromatic N) is 5. The van der Waals surface area contributed by atoms with E-state index in [0.717, 1.165) is 81.0 Å².